The van der Waals surface area contributed by atoms with Gasteiger partial charge in [-0.05, 0) is 37.3 Å². The SMILES string of the molecule is Cc1ccc(S(=O)(=O)C2CNCCN2CCOc2ccc(C=O)cc2Cl)cc1. The molecule has 1 saturated heterocycles. The first-order chi connectivity index (χ1) is 13.4. The third kappa shape index (κ3) is 4.72. The van der Waals surface area contributed by atoms with Gasteiger partial charge in [-0.3, -0.25) is 9.69 Å². The van der Waals surface area contributed by atoms with Gasteiger partial charge in [-0.15, -0.1) is 0 Å². The highest BCUT2D eigenvalue weighted by Crippen LogP contribution is 2.25. The number of carbonyl (C=O) groups is 1. The van der Waals surface area contributed by atoms with Gasteiger partial charge in [0.2, 0.25) is 0 Å². The molecule has 2 aromatic rings. The first kappa shape index (κ1) is 20.8. The summed E-state index contributed by atoms with van der Waals surface area (Å²) in [4.78, 5) is 13.0. The number of nitrogens with one attached hydrogen (secondary N) is 1. The van der Waals surface area contributed by atoms with E-state index in [1.807, 2.05) is 24.0 Å². The standard InChI is InChI=1S/C20H23ClN2O4S/c1-15-2-5-17(6-3-15)28(25,26)20-13-22-8-9-23(20)10-11-27-19-7-4-16(14-24)12-18(19)21/h2-7,12,14,20,22H,8-11,13H2,1H3. The Morgan fingerprint density at radius 2 is 2.00 bits per heavy atom. The zero-order valence-corrected chi connectivity index (χ0v) is 17.2. The van der Waals surface area contributed by atoms with Crippen molar-refractivity contribution in [3.05, 3.63) is 58.6 Å². The molecule has 0 spiro atoms. The van der Waals surface area contributed by atoms with Gasteiger partial charge in [0.05, 0.1) is 9.92 Å². The van der Waals surface area contributed by atoms with E-state index in [1.54, 1.807) is 30.3 Å². The molecule has 28 heavy (non-hydrogen) atoms. The molecule has 0 aromatic heterocycles. The molecule has 2 aromatic carbocycles. The van der Waals surface area contributed by atoms with Gasteiger partial charge >= 0.3 is 0 Å². The van der Waals surface area contributed by atoms with Gasteiger partial charge in [0.15, 0.2) is 9.84 Å². The van der Waals surface area contributed by atoms with Crippen LogP contribution in [0.1, 0.15) is 15.9 Å². The molecule has 150 valence electrons. The number of aldehydes is 1. The summed E-state index contributed by atoms with van der Waals surface area (Å²) in [5.74, 6) is 0.473. The van der Waals surface area contributed by atoms with E-state index in [9.17, 15) is 13.2 Å². The maximum Gasteiger partial charge on any atom is 0.195 e. The lowest BCUT2D eigenvalue weighted by Crippen LogP contribution is -2.55. The highest BCUT2D eigenvalue weighted by atomic mass is 35.5. The minimum atomic E-state index is -3.50. The fraction of sp³-hybridized carbons (Fsp3) is 0.350. The minimum absolute atomic E-state index is 0.292. The van der Waals surface area contributed by atoms with E-state index in [0.29, 0.717) is 54.0 Å². The van der Waals surface area contributed by atoms with Crippen LogP contribution in [0, 0.1) is 6.92 Å². The monoisotopic (exact) mass is 422 g/mol. The van der Waals surface area contributed by atoms with Crippen molar-refractivity contribution < 1.29 is 17.9 Å². The molecule has 1 unspecified atom stereocenters. The van der Waals surface area contributed by atoms with Crippen LogP contribution < -0.4 is 10.1 Å². The zero-order chi connectivity index (χ0) is 20.1. The highest BCUT2D eigenvalue weighted by molar-refractivity contribution is 7.92. The largest absolute Gasteiger partial charge is 0.491 e. The minimum Gasteiger partial charge on any atom is -0.491 e. The highest BCUT2D eigenvalue weighted by Gasteiger charge is 2.34. The van der Waals surface area contributed by atoms with E-state index < -0.39 is 15.2 Å². The van der Waals surface area contributed by atoms with Gasteiger partial charge in [-0.25, -0.2) is 8.42 Å². The third-order valence-corrected chi connectivity index (χ3v) is 7.14. The number of sulfone groups is 1. The number of nitrogens with zero attached hydrogens (tertiary/aromatic N) is 1. The van der Waals surface area contributed by atoms with Crippen LogP contribution in [0.4, 0.5) is 0 Å². The van der Waals surface area contributed by atoms with Crippen molar-refractivity contribution in [2.75, 3.05) is 32.8 Å². The molecule has 0 bridgehead atoms. The summed E-state index contributed by atoms with van der Waals surface area (Å²) < 4.78 is 31.9. The lowest BCUT2D eigenvalue weighted by Gasteiger charge is -2.35. The van der Waals surface area contributed by atoms with Crippen molar-refractivity contribution in [1.82, 2.24) is 10.2 Å². The Morgan fingerprint density at radius 3 is 2.68 bits per heavy atom. The van der Waals surface area contributed by atoms with Crippen LogP contribution in [0.25, 0.3) is 0 Å². The van der Waals surface area contributed by atoms with E-state index in [2.05, 4.69) is 5.32 Å². The molecule has 1 fully saturated rings. The molecule has 0 radical (unpaired) electrons. The maximum absolute atomic E-state index is 13.1. The Labute approximate surface area is 170 Å². The maximum atomic E-state index is 13.1. The van der Waals surface area contributed by atoms with Gasteiger partial charge in [0, 0.05) is 31.7 Å². The van der Waals surface area contributed by atoms with Crippen molar-refractivity contribution in [2.24, 2.45) is 0 Å². The van der Waals surface area contributed by atoms with Crippen LogP contribution in [0.15, 0.2) is 47.4 Å². The molecular formula is C20H23ClN2O4S. The van der Waals surface area contributed by atoms with Crippen LogP contribution in [0.5, 0.6) is 5.75 Å². The number of ether oxygens (including phenoxy) is 1. The normalized spacial score (nSPS) is 18.0. The number of benzene rings is 2. The third-order valence-electron chi connectivity index (χ3n) is 4.74. The first-order valence-electron chi connectivity index (χ1n) is 9.04. The molecule has 1 atom stereocenters. The average Bonchev–Trinajstić information content (AvgIpc) is 2.69. The summed E-state index contributed by atoms with van der Waals surface area (Å²) >= 11 is 6.12. The number of rotatable bonds is 7. The van der Waals surface area contributed by atoms with Gasteiger partial charge in [0.1, 0.15) is 24.0 Å². The second kappa shape index (κ2) is 9.05. The lowest BCUT2D eigenvalue weighted by atomic mass is 10.2. The molecular weight excluding hydrogens is 400 g/mol. The van der Waals surface area contributed by atoms with Gasteiger partial charge in [-0.1, -0.05) is 29.3 Å². The number of halogens is 1. The van der Waals surface area contributed by atoms with E-state index >= 15 is 0 Å². The van der Waals surface area contributed by atoms with Gasteiger partial charge in [0.25, 0.3) is 0 Å². The molecule has 1 heterocycles. The second-order valence-electron chi connectivity index (χ2n) is 6.71. The predicted molar refractivity (Wildman–Crippen MR) is 109 cm³/mol. The fourth-order valence-electron chi connectivity index (χ4n) is 3.15. The Kier molecular flexibility index (Phi) is 6.72. The van der Waals surface area contributed by atoms with Crippen LogP contribution in [-0.2, 0) is 9.84 Å². The van der Waals surface area contributed by atoms with Gasteiger partial charge < -0.3 is 10.1 Å². The van der Waals surface area contributed by atoms with E-state index in [1.165, 1.54) is 0 Å². The summed E-state index contributed by atoms with van der Waals surface area (Å²) in [7, 11) is -3.50. The van der Waals surface area contributed by atoms with Crippen LogP contribution in [-0.4, -0.2) is 57.8 Å². The van der Waals surface area contributed by atoms with E-state index in [-0.39, 0.29) is 0 Å². The lowest BCUT2D eigenvalue weighted by molar-refractivity contribution is 0.112. The molecule has 1 aliphatic heterocycles. The summed E-state index contributed by atoms with van der Waals surface area (Å²) in [5.41, 5.74) is 1.49. The first-order valence-corrected chi connectivity index (χ1v) is 11.0. The summed E-state index contributed by atoms with van der Waals surface area (Å²) in [6.45, 7) is 4.36. The number of piperazine rings is 1. The number of carbonyl (C=O) groups excluding carboxylic acids is 1. The molecule has 3 rings (SSSR count). The predicted octanol–water partition coefficient (Wildman–Crippen LogP) is 2.54. The summed E-state index contributed by atoms with van der Waals surface area (Å²) in [5, 5.41) is 2.87. The molecule has 1 N–H and O–H groups in total. The van der Waals surface area contributed by atoms with Gasteiger partial charge in [-0.2, -0.15) is 0 Å². The van der Waals surface area contributed by atoms with Crippen LogP contribution in [0.2, 0.25) is 5.02 Å². The van der Waals surface area contributed by atoms with E-state index in [0.717, 1.165) is 11.8 Å². The quantitative estimate of drug-likeness (QED) is 0.691. The second-order valence-corrected chi connectivity index (χ2v) is 9.22. The molecule has 1 aliphatic rings. The van der Waals surface area contributed by atoms with Crippen molar-refractivity contribution in [1.29, 1.82) is 0 Å². The van der Waals surface area contributed by atoms with Crippen molar-refractivity contribution >= 4 is 27.7 Å². The van der Waals surface area contributed by atoms with E-state index in [4.69, 9.17) is 16.3 Å². The number of hydrogen-bond donors (Lipinski definition) is 1. The molecule has 8 heteroatoms. The Balaban J connectivity index is 1.68. The smallest absolute Gasteiger partial charge is 0.195 e. The topological polar surface area (TPSA) is 75.7 Å². The Bertz CT molecular complexity index is 932. The summed E-state index contributed by atoms with van der Waals surface area (Å²) in [6, 6.07) is 11.7. The van der Waals surface area contributed by atoms with Crippen molar-refractivity contribution in [2.45, 2.75) is 17.2 Å². The molecule has 6 nitrogen and oxygen atoms in total. The van der Waals surface area contributed by atoms with Crippen LogP contribution >= 0.6 is 11.6 Å². The average molecular weight is 423 g/mol. The fourth-order valence-corrected chi connectivity index (χ4v) is 5.16. The molecule has 0 amide bonds. The Morgan fingerprint density at radius 1 is 1.25 bits per heavy atom. The van der Waals surface area contributed by atoms with Crippen LogP contribution in [0.3, 0.4) is 0 Å². The Hall–Kier alpha value is -1.93. The zero-order valence-electron chi connectivity index (χ0n) is 15.6. The summed E-state index contributed by atoms with van der Waals surface area (Å²) in [6.07, 6.45) is 0.719. The molecule has 0 saturated carbocycles. The van der Waals surface area contributed by atoms with Crippen molar-refractivity contribution in [3.63, 3.8) is 0 Å². The number of hydrogen-bond acceptors (Lipinski definition) is 6. The number of aryl methyl sites for hydroxylation is 1. The van der Waals surface area contributed by atoms with Crippen molar-refractivity contribution in [3.8, 4) is 5.75 Å². The molecule has 0 aliphatic carbocycles.